The lowest BCUT2D eigenvalue weighted by Crippen LogP contribution is -2.04. The minimum absolute atomic E-state index is 0.189. The van der Waals surface area contributed by atoms with E-state index >= 15 is 0 Å². The Labute approximate surface area is 117 Å². The van der Waals surface area contributed by atoms with E-state index in [1.165, 1.54) is 9.40 Å². The molecule has 0 aliphatic heterocycles. The lowest BCUT2D eigenvalue weighted by atomic mass is 10.4. The molecule has 3 aromatic rings. The van der Waals surface area contributed by atoms with Gasteiger partial charge in [0.2, 0.25) is 11.7 Å². The van der Waals surface area contributed by atoms with Crippen molar-refractivity contribution in [2.45, 2.75) is 13.8 Å². The molecule has 98 valence electrons. The van der Waals surface area contributed by atoms with Crippen molar-refractivity contribution in [2.24, 2.45) is 0 Å². The maximum Gasteiger partial charge on any atom is 0.376 e. The number of aryl methyl sites for hydroxylation is 1. The molecule has 0 N–H and O–H groups in total. The molecule has 0 unspecified atom stereocenters. The third-order valence-electron chi connectivity index (χ3n) is 2.61. The number of thiophene rings is 2. The predicted molar refractivity (Wildman–Crippen MR) is 75.9 cm³/mol. The fraction of sp³-hybridized carbons (Fsp3) is 0.231. The number of fused-ring (bicyclic) bond motifs is 1. The van der Waals surface area contributed by atoms with Crippen LogP contribution in [0, 0.1) is 6.92 Å². The quantitative estimate of drug-likeness (QED) is 0.682. The zero-order chi connectivity index (χ0) is 13.4. The summed E-state index contributed by atoms with van der Waals surface area (Å²) >= 11 is 3.28. The molecule has 0 aromatic carbocycles. The molecule has 0 aliphatic carbocycles. The molecule has 0 bridgehead atoms. The van der Waals surface area contributed by atoms with Crippen LogP contribution in [0.25, 0.3) is 20.2 Å². The Hall–Kier alpha value is -1.66. The summed E-state index contributed by atoms with van der Waals surface area (Å²) in [5.41, 5.74) is 0.560. The number of carbonyl (C=O) groups is 1. The molecule has 19 heavy (non-hydrogen) atoms. The van der Waals surface area contributed by atoms with Crippen molar-refractivity contribution >= 4 is 38.0 Å². The molecule has 0 radical (unpaired) electrons. The number of nitrogens with zero attached hydrogens (tertiary/aromatic N) is 1. The average Bonchev–Trinajstić information content (AvgIpc) is 3.01. The molecule has 0 atom stereocenters. The van der Waals surface area contributed by atoms with Crippen molar-refractivity contribution < 1.29 is 13.9 Å². The maximum atomic E-state index is 11.7. The molecule has 0 aliphatic rings. The molecule has 0 saturated carbocycles. The first-order valence-corrected chi connectivity index (χ1v) is 7.50. The van der Waals surface area contributed by atoms with Gasteiger partial charge in [-0.25, -0.2) is 9.78 Å². The Bertz CT molecular complexity index is 710. The summed E-state index contributed by atoms with van der Waals surface area (Å²) in [5.74, 6) is 0.208. The van der Waals surface area contributed by atoms with Crippen molar-refractivity contribution in [3.05, 3.63) is 29.0 Å². The second kappa shape index (κ2) is 4.79. The molecule has 0 amide bonds. The van der Waals surface area contributed by atoms with Gasteiger partial charge in [-0.15, -0.1) is 22.7 Å². The fourth-order valence-corrected chi connectivity index (χ4v) is 3.79. The van der Waals surface area contributed by atoms with Crippen LogP contribution in [-0.4, -0.2) is 17.6 Å². The summed E-state index contributed by atoms with van der Waals surface area (Å²) in [6.45, 7) is 3.83. The number of ether oxygens (including phenoxy) is 1. The average molecular weight is 293 g/mol. The van der Waals surface area contributed by atoms with Crippen LogP contribution in [-0.2, 0) is 4.74 Å². The second-order valence-corrected chi connectivity index (χ2v) is 5.95. The largest absolute Gasteiger partial charge is 0.460 e. The SMILES string of the molecule is CCOC(=O)c1oc(-c2cc3sccc3s2)nc1C. The number of rotatable bonds is 3. The molecule has 3 rings (SSSR count). The van der Waals surface area contributed by atoms with E-state index in [-0.39, 0.29) is 5.76 Å². The minimum Gasteiger partial charge on any atom is -0.460 e. The summed E-state index contributed by atoms with van der Waals surface area (Å²) in [7, 11) is 0. The summed E-state index contributed by atoms with van der Waals surface area (Å²) in [4.78, 5) is 16.9. The number of aromatic nitrogens is 1. The van der Waals surface area contributed by atoms with Crippen molar-refractivity contribution in [3.8, 4) is 10.8 Å². The van der Waals surface area contributed by atoms with Gasteiger partial charge in [0.1, 0.15) is 0 Å². The number of oxazole rings is 1. The van der Waals surface area contributed by atoms with Crippen LogP contribution in [0.1, 0.15) is 23.2 Å². The first-order chi connectivity index (χ1) is 9.19. The van der Waals surface area contributed by atoms with E-state index in [1.807, 2.05) is 6.07 Å². The van der Waals surface area contributed by atoms with E-state index in [2.05, 4.69) is 16.4 Å². The Kier molecular flexibility index (Phi) is 3.12. The fourth-order valence-electron chi connectivity index (χ4n) is 1.76. The third kappa shape index (κ3) is 2.17. The highest BCUT2D eigenvalue weighted by Gasteiger charge is 2.20. The van der Waals surface area contributed by atoms with E-state index in [0.717, 1.165) is 4.88 Å². The van der Waals surface area contributed by atoms with E-state index in [9.17, 15) is 4.79 Å². The summed E-state index contributed by atoms with van der Waals surface area (Å²) < 4.78 is 12.9. The Morgan fingerprint density at radius 2 is 2.32 bits per heavy atom. The Morgan fingerprint density at radius 3 is 3.05 bits per heavy atom. The smallest absolute Gasteiger partial charge is 0.376 e. The van der Waals surface area contributed by atoms with Crippen molar-refractivity contribution in [2.75, 3.05) is 6.61 Å². The molecule has 0 fully saturated rings. The molecule has 6 heteroatoms. The maximum absolute atomic E-state index is 11.7. The van der Waals surface area contributed by atoms with E-state index in [4.69, 9.17) is 9.15 Å². The molecule has 3 aromatic heterocycles. The van der Waals surface area contributed by atoms with Crippen LogP contribution in [0.5, 0.6) is 0 Å². The minimum atomic E-state index is -0.461. The molecule has 4 nitrogen and oxygen atoms in total. The van der Waals surface area contributed by atoms with Crippen LogP contribution < -0.4 is 0 Å². The van der Waals surface area contributed by atoms with E-state index in [1.54, 1.807) is 36.5 Å². The predicted octanol–water partition coefficient (Wildman–Crippen LogP) is 4.10. The van der Waals surface area contributed by atoms with Gasteiger partial charge in [-0.2, -0.15) is 0 Å². The molecule has 0 spiro atoms. The lowest BCUT2D eigenvalue weighted by molar-refractivity contribution is 0.0490. The van der Waals surface area contributed by atoms with Crippen LogP contribution >= 0.6 is 22.7 Å². The summed E-state index contributed by atoms with van der Waals surface area (Å²) in [6, 6.07) is 4.10. The molecular weight excluding hydrogens is 282 g/mol. The van der Waals surface area contributed by atoms with Crippen molar-refractivity contribution in [1.29, 1.82) is 0 Å². The highest BCUT2D eigenvalue weighted by Crippen LogP contribution is 2.36. The van der Waals surface area contributed by atoms with Crippen molar-refractivity contribution in [1.82, 2.24) is 4.98 Å². The zero-order valence-electron chi connectivity index (χ0n) is 10.4. The van der Waals surface area contributed by atoms with Gasteiger partial charge in [0.25, 0.3) is 0 Å². The Balaban J connectivity index is 1.99. The Morgan fingerprint density at radius 1 is 1.47 bits per heavy atom. The third-order valence-corrected chi connectivity index (χ3v) is 4.69. The van der Waals surface area contributed by atoms with Gasteiger partial charge in [-0.05, 0) is 31.4 Å². The highest BCUT2D eigenvalue weighted by atomic mass is 32.1. The van der Waals surface area contributed by atoms with Crippen LogP contribution in [0.15, 0.2) is 21.9 Å². The zero-order valence-corrected chi connectivity index (χ0v) is 12.1. The van der Waals surface area contributed by atoms with Gasteiger partial charge < -0.3 is 9.15 Å². The first kappa shape index (κ1) is 12.4. The van der Waals surface area contributed by atoms with Gasteiger partial charge in [0.05, 0.1) is 17.2 Å². The monoisotopic (exact) mass is 293 g/mol. The van der Waals surface area contributed by atoms with Gasteiger partial charge in [0, 0.05) is 9.40 Å². The first-order valence-electron chi connectivity index (χ1n) is 5.81. The summed E-state index contributed by atoms with van der Waals surface area (Å²) in [5, 5.41) is 2.05. The van der Waals surface area contributed by atoms with Gasteiger partial charge >= 0.3 is 5.97 Å². The number of esters is 1. The number of carbonyl (C=O) groups excluding carboxylic acids is 1. The normalized spacial score (nSPS) is 11.1. The standard InChI is InChI=1S/C13H11NO3S2/c1-3-16-13(15)11-7(2)14-12(17-11)10-6-9-8(19-10)4-5-18-9/h4-6H,3H2,1-2H3. The van der Waals surface area contributed by atoms with Gasteiger partial charge in [-0.1, -0.05) is 0 Å². The van der Waals surface area contributed by atoms with Gasteiger partial charge in [-0.3, -0.25) is 0 Å². The number of hydrogen-bond donors (Lipinski definition) is 0. The number of hydrogen-bond acceptors (Lipinski definition) is 6. The van der Waals surface area contributed by atoms with Gasteiger partial charge in [0.15, 0.2) is 0 Å². The highest BCUT2D eigenvalue weighted by molar-refractivity contribution is 7.28. The molecule has 0 saturated heterocycles. The lowest BCUT2D eigenvalue weighted by Gasteiger charge is -1.96. The molecular formula is C13H11NO3S2. The van der Waals surface area contributed by atoms with Crippen molar-refractivity contribution in [3.63, 3.8) is 0 Å². The van der Waals surface area contributed by atoms with E-state index < -0.39 is 5.97 Å². The van der Waals surface area contributed by atoms with Crippen LogP contribution in [0.2, 0.25) is 0 Å². The topological polar surface area (TPSA) is 52.3 Å². The van der Waals surface area contributed by atoms with Crippen LogP contribution in [0.3, 0.4) is 0 Å². The van der Waals surface area contributed by atoms with E-state index in [0.29, 0.717) is 18.2 Å². The summed E-state index contributed by atoms with van der Waals surface area (Å²) in [6.07, 6.45) is 0. The second-order valence-electron chi connectivity index (χ2n) is 3.91. The molecule has 3 heterocycles. The van der Waals surface area contributed by atoms with Crippen LogP contribution in [0.4, 0.5) is 0 Å².